The molecule has 0 unspecified atom stereocenters. The molecule has 0 fully saturated rings. The smallest absolute Gasteiger partial charge is 0.251 e. The van der Waals surface area contributed by atoms with Crippen LogP contribution in [-0.2, 0) is 4.79 Å². The molecule has 1 aromatic rings. The van der Waals surface area contributed by atoms with E-state index in [4.69, 9.17) is 4.74 Å². The van der Waals surface area contributed by atoms with Crippen molar-refractivity contribution in [2.24, 2.45) is 0 Å². The van der Waals surface area contributed by atoms with E-state index in [-0.39, 0.29) is 11.8 Å². The summed E-state index contributed by atoms with van der Waals surface area (Å²) in [4.78, 5) is 25.0. The van der Waals surface area contributed by atoms with Crippen molar-refractivity contribution in [3.05, 3.63) is 29.8 Å². The third-order valence-corrected chi connectivity index (χ3v) is 2.96. The minimum atomic E-state index is -0.146. The quantitative estimate of drug-likeness (QED) is 0.825. The third-order valence-electron chi connectivity index (χ3n) is 2.96. The van der Waals surface area contributed by atoms with Crippen LogP contribution in [0.25, 0.3) is 0 Å². The molecule has 0 aliphatic heterocycles. The van der Waals surface area contributed by atoms with Gasteiger partial charge in [-0.25, -0.2) is 0 Å². The Labute approximate surface area is 119 Å². The molecule has 110 valence electrons. The number of nitrogens with zero attached hydrogens (tertiary/aromatic N) is 1. The van der Waals surface area contributed by atoms with Crippen LogP contribution < -0.4 is 10.1 Å². The van der Waals surface area contributed by atoms with Gasteiger partial charge in [0, 0.05) is 32.1 Å². The number of amides is 2. The molecule has 1 rings (SSSR count). The van der Waals surface area contributed by atoms with Gasteiger partial charge in [0.1, 0.15) is 5.75 Å². The van der Waals surface area contributed by atoms with E-state index in [1.54, 1.807) is 43.2 Å². The molecular formula is C15H22N2O3. The highest BCUT2D eigenvalue weighted by atomic mass is 16.5. The van der Waals surface area contributed by atoms with Gasteiger partial charge in [-0.05, 0) is 30.7 Å². The van der Waals surface area contributed by atoms with Crippen molar-refractivity contribution in [3.8, 4) is 5.75 Å². The van der Waals surface area contributed by atoms with Gasteiger partial charge in [-0.2, -0.15) is 0 Å². The summed E-state index contributed by atoms with van der Waals surface area (Å²) in [6.07, 6.45) is 0.909. The summed E-state index contributed by atoms with van der Waals surface area (Å²) in [6, 6.07) is 6.91. The second kappa shape index (κ2) is 8.19. The van der Waals surface area contributed by atoms with Gasteiger partial charge in [0.15, 0.2) is 0 Å². The number of carbonyl (C=O) groups is 2. The molecular weight excluding hydrogens is 256 g/mol. The molecule has 0 heterocycles. The molecule has 0 saturated heterocycles. The summed E-state index contributed by atoms with van der Waals surface area (Å²) in [5, 5.41) is 2.81. The molecule has 0 saturated carbocycles. The van der Waals surface area contributed by atoms with Crippen LogP contribution in [0.3, 0.4) is 0 Å². The molecule has 0 aliphatic rings. The number of benzene rings is 1. The SMILES string of the molecule is CCCN(CCNC(=O)c1ccc(OC)cc1)C(C)=O. The molecule has 0 aromatic heterocycles. The summed E-state index contributed by atoms with van der Waals surface area (Å²) >= 11 is 0. The number of ether oxygens (including phenoxy) is 1. The number of rotatable bonds is 7. The highest BCUT2D eigenvalue weighted by Crippen LogP contribution is 2.10. The maximum absolute atomic E-state index is 11.9. The third kappa shape index (κ3) is 4.91. The van der Waals surface area contributed by atoms with Gasteiger partial charge < -0.3 is 15.0 Å². The van der Waals surface area contributed by atoms with Crippen molar-refractivity contribution in [1.82, 2.24) is 10.2 Å². The van der Waals surface area contributed by atoms with Crippen molar-refractivity contribution >= 4 is 11.8 Å². The highest BCUT2D eigenvalue weighted by Gasteiger charge is 2.09. The van der Waals surface area contributed by atoms with Crippen LogP contribution in [-0.4, -0.2) is 43.5 Å². The van der Waals surface area contributed by atoms with Gasteiger partial charge >= 0.3 is 0 Å². The second-order valence-electron chi connectivity index (χ2n) is 4.49. The predicted molar refractivity (Wildman–Crippen MR) is 77.9 cm³/mol. The van der Waals surface area contributed by atoms with Gasteiger partial charge in [0.25, 0.3) is 5.91 Å². The van der Waals surface area contributed by atoms with Gasteiger partial charge in [-0.1, -0.05) is 6.92 Å². The van der Waals surface area contributed by atoms with Crippen LogP contribution in [0.1, 0.15) is 30.6 Å². The van der Waals surface area contributed by atoms with E-state index in [1.165, 1.54) is 0 Å². The van der Waals surface area contributed by atoms with E-state index in [2.05, 4.69) is 5.32 Å². The summed E-state index contributed by atoms with van der Waals surface area (Å²) in [6.45, 7) is 5.26. The molecule has 0 spiro atoms. The normalized spacial score (nSPS) is 9.95. The Bertz CT molecular complexity index is 443. The Morgan fingerprint density at radius 3 is 2.35 bits per heavy atom. The van der Waals surface area contributed by atoms with Gasteiger partial charge in [-0.3, -0.25) is 9.59 Å². The number of methoxy groups -OCH3 is 1. The van der Waals surface area contributed by atoms with E-state index in [0.717, 1.165) is 6.42 Å². The number of nitrogens with one attached hydrogen (secondary N) is 1. The van der Waals surface area contributed by atoms with E-state index in [9.17, 15) is 9.59 Å². The van der Waals surface area contributed by atoms with Crippen LogP contribution in [0.2, 0.25) is 0 Å². The lowest BCUT2D eigenvalue weighted by Crippen LogP contribution is -2.37. The molecule has 1 N–H and O–H groups in total. The maximum atomic E-state index is 11.9. The zero-order chi connectivity index (χ0) is 15.0. The lowest BCUT2D eigenvalue weighted by atomic mass is 10.2. The largest absolute Gasteiger partial charge is 0.497 e. The molecule has 5 nitrogen and oxygen atoms in total. The van der Waals surface area contributed by atoms with Crippen LogP contribution in [0.5, 0.6) is 5.75 Å². The molecule has 0 aliphatic carbocycles. The fraction of sp³-hybridized carbons (Fsp3) is 0.467. The lowest BCUT2D eigenvalue weighted by Gasteiger charge is -2.20. The molecule has 2 amide bonds. The first kappa shape index (κ1) is 16.0. The standard InChI is InChI=1S/C15H22N2O3/c1-4-10-17(12(2)18)11-9-16-15(19)13-5-7-14(20-3)8-6-13/h5-8H,4,9-11H2,1-3H3,(H,16,19). The fourth-order valence-corrected chi connectivity index (χ4v) is 1.85. The lowest BCUT2D eigenvalue weighted by molar-refractivity contribution is -0.128. The first-order valence-electron chi connectivity index (χ1n) is 6.76. The van der Waals surface area contributed by atoms with E-state index in [0.29, 0.717) is 30.9 Å². The Morgan fingerprint density at radius 1 is 1.20 bits per heavy atom. The monoisotopic (exact) mass is 278 g/mol. The fourth-order valence-electron chi connectivity index (χ4n) is 1.85. The Hall–Kier alpha value is -2.04. The van der Waals surface area contributed by atoms with Crippen LogP contribution in [0.15, 0.2) is 24.3 Å². The average molecular weight is 278 g/mol. The van der Waals surface area contributed by atoms with Crippen LogP contribution in [0, 0.1) is 0 Å². The van der Waals surface area contributed by atoms with Crippen molar-refractivity contribution in [1.29, 1.82) is 0 Å². The minimum absolute atomic E-state index is 0.0329. The van der Waals surface area contributed by atoms with Crippen molar-refractivity contribution in [2.45, 2.75) is 20.3 Å². The second-order valence-corrected chi connectivity index (χ2v) is 4.49. The van der Waals surface area contributed by atoms with E-state index >= 15 is 0 Å². The summed E-state index contributed by atoms with van der Waals surface area (Å²) in [5.41, 5.74) is 0.579. The van der Waals surface area contributed by atoms with E-state index in [1.807, 2.05) is 6.92 Å². The number of hydrogen-bond donors (Lipinski definition) is 1. The van der Waals surface area contributed by atoms with Crippen molar-refractivity contribution in [2.75, 3.05) is 26.7 Å². The van der Waals surface area contributed by atoms with Gasteiger partial charge in [-0.15, -0.1) is 0 Å². The average Bonchev–Trinajstić information content (AvgIpc) is 2.46. The molecule has 5 heteroatoms. The number of carbonyl (C=O) groups excluding carboxylic acids is 2. The van der Waals surface area contributed by atoms with E-state index < -0.39 is 0 Å². The first-order chi connectivity index (χ1) is 9.58. The topological polar surface area (TPSA) is 58.6 Å². The maximum Gasteiger partial charge on any atom is 0.251 e. The molecule has 1 aromatic carbocycles. The first-order valence-corrected chi connectivity index (χ1v) is 6.76. The Morgan fingerprint density at radius 2 is 1.85 bits per heavy atom. The molecule has 20 heavy (non-hydrogen) atoms. The Kier molecular flexibility index (Phi) is 6.56. The highest BCUT2D eigenvalue weighted by molar-refractivity contribution is 5.94. The summed E-state index contributed by atoms with van der Waals surface area (Å²) in [5.74, 6) is 0.602. The summed E-state index contributed by atoms with van der Waals surface area (Å²) < 4.78 is 5.04. The molecule has 0 bridgehead atoms. The zero-order valence-electron chi connectivity index (χ0n) is 12.3. The number of hydrogen-bond acceptors (Lipinski definition) is 3. The minimum Gasteiger partial charge on any atom is -0.497 e. The van der Waals surface area contributed by atoms with Crippen LogP contribution in [0.4, 0.5) is 0 Å². The Balaban J connectivity index is 2.44. The van der Waals surface area contributed by atoms with Crippen LogP contribution >= 0.6 is 0 Å². The summed E-state index contributed by atoms with van der Waals surface area (Å²) in [7, 11) is 1.58. The molecule has 0 radical (unpaired) electrons. The van der Waals surface area contributed by atoms with Crippen molar-refractivity contribution in [3.63, 3.8) is 0 Å². The van der Waals surface area contributed by atoms with Gasteiger partial charge in [0.2, 0.25) is 5.91 Å². The molecule has 0 atom stereocenters. The zero-order valence-corrected chi connectivity index (χ0v) is 12.3. The predicted octanol–water partition coefficient (Wildman–Crippen LogP) is 1.68. The van der Waals surface area contributed by atoms with Crippen molar-refractivity contribution < 1.29 is 14.3 Å². The van der Waals surface area contributed by atoms with Gasteiger partial charge in [0.05, 0.1) is 7.11 Å².